The zero-order chi connectivity index (χ0) is 9.84. The molecule has 1 N–H and O–H groups in total. The SMILES string of the molecule is COc1cnc(CC(=O)O)c(Cl)c1. The summed E-state index contributed by atoms with van der Waals surface area (Å²) in [5, 5.41) is 8.80. The molecule has 0 spiro atoms. The molecule has 0 saturated carbocycles. The number of rotatable bonds is 3. The highest BCUT2D eigenvalue weighted by molar-refractivity contribution is 6.31. The Kier molecular flexibility index (Phi) is 3.08. The molecule has 13 heavy (non-hydrogen) atoms. The van der Waals surface area contributed by atoms with Crippen LogP contribution in [0.3, 0.4) is 0 Å². The van der Waals surface area contributed by atoms with Gasteiger partial charge in [0.25, 0.3) is 0 Å². The van der Waals surface area contributed by atoms with Gasteiger partial charge in [-0.3, -0.25) is 9.78 Å². The molecule has 5 heteroatoms. The average molecular weight is 202 g/mol. The van der Waals surface area contributed by atoms with Gasteiger partial charge in [-0.25, -0.2) is 0 Å². The van der Waals surface area contributed by atoms with E-state index in [0.717, 1.165) is 0 Å². The van der Waals surface area contributed by atoms with Crippen LogP contribution in [0.15, 0.2) is 12.3 Å². The Morgan fingerprint density at radius 1 is 1.77 bits per heavy atom. The van der Waals surface area contributed by atoms with Crippen LogP contribution in [0.4, 0.5) is 0 Å². The van der Waals surface area contributed by atoms with Gasteiger partial charge >= 0.3 is 5.97 Å². The zero-order valence-electron chi connectivity index (χ0n) is 6.95. The van der Waals surface area contributed by atoms with Gasteiger partial charge in [-0.15, -0.1) is 0 Å². The number of carbonyl (C=O) groups is 1. The second-order valence-electron chi connectivity index (χ2n) is 2.37. The molecule has 0 aromatic carbocycles. The smallest absolute Gasteiger partial charge is 0.309 e. The molecule has 0 saturated heterocycles. The number of hydrogen-bond acceptors (Lipinski definition) is 3. The van der Waals surface area contributed by atoms with Gasteiger partial charge in [0.05, 0.1) is 30.4 Å². The third-order valence-electron chi connectivity index (χ3n) is 1.45. The maximum atomic E-state index is 10.3. The van der Waals surface area contributed by atoms with E-state index in [9.17, 15) is 4.79 Å². The fourth-order valence-corrected chi connectivity index (χ4v) is 1.06. The summed E-state index contributed by atoms with van der Waals surface area (Å²) in [7, 11) is 1.49. The van der Waals surface area contributed by atoms with E-state index in [2.05, 4.69) is 4.98 Å². The average Bonchev–Trinajstić information content (AvgIpc) is 2.08. The molecule has 0 aliphatic rings. The number of aromatic nitrogens is 1. The Balaban J connectivity index is 2.91. The molecule has 0 aliphatic carbocycles. The summed E-state index contributed by atoms with van der Waals surface area (Å²) in [6.45, 7) is 0. The lowest BCUT2D eigenvalue weighted by Gasteiger charge is -2.02. The van der Waals surface area contributed by atoms with E-state index < -0.39 is 5.97 Å². The van der Waals surface area contributed by atoms with Crippen molar-refractivity contribution in [3.05, 3.63) is 23.0 Å². The highest BCUT2D eigenvalue weighted by Gasteiger charge is 2.07. The Labute approximate surface area is 80.1 Å². The molecule has 0 bridgehead atoms. The van der Waals surface area contributed by atoms with Gasteiger partial charge in [0.2, 0.25) is 0 Å². The summed E-state index contributed by atoms with van der Waals surface area (Å²) in [5.41, 5.74) is 0.343. The van der Waals surface area contributed by atoms with Crippen LogP contribution < -0.4 is 4.74 Å². The molecule has 1 heterocycles. The minimum Gasteiger partial charge on any atom is -0.495 e. The van der Waals surface area contributed by atoms with Crippen LogP contribution in [0.5, 0.6) is 5.75 Å². The molecule has 0 radical (unpaired) electrons. The first-order valence-electron chi connectivity index (χ1n) is 3.53. The van der Waals surface area contributed by atoms with Crippen molar-refractivity contribution in [3.63, 3.8) is 0 Å². The quantitative estimate of drug-likeness (QED) is 0.803. The summed E-state index contributed by atoms with van der Waals surface area (Å²) >= 11 is 5.75. The number of ether oxygens (including phenoxy) is 1. The minimum absolute atomic E-state index is 0.178. The van der Waals surface area contributed by atoms with Crippen molar-refractivity contribution in [2.24, 2.45) is 0 Å². The van der Waals surface area contributed by atoms with Gasteiger partial charge in [-0.05, 0) is 0 Å². The maximum Gasteiger partial charge on any atom is 0.309 e. The molecule has 4 nitrogen and oxygen atoms in total. The third-order valence-corrected chi connectivity index (χ3v) is 1.77. The summed E-state index contributed by atoms with van der Waals surface area (Å²) in [6.07, 6.45) is 1.26. The van der Waals surface area contributed by atoms with E-state index in [0.29, 0.717) is 16.5 Å². The van der Waals surface area contributed by atoms with Crippen molar-refractivity contribution in [3.8, 4) is 5.75 Å². The predicted octanol–water partition coefficient (Wildman–Crippen LogP) is 1.37. The van der Waals surface area contributed by atoms with Crippen LogP contribution in [0.1, 0.15) is 5.69 Å². The van der Waals surface area contributed by atoms with Gasteiger partial charge in [0, 0.05) is 6.07 Å². The molecule has 0 amide bonds. The molecule has 0 unspecified atom stereocenters. The molecular formula is C8H8ClNO3. The third kappa shape index (κ3) is 2.59. The normalized spacial score (nSPS) is 9.69. The van der Waals surface area contributed by atoms with Gasteiger partial charge < -0.3 is 9.84 Å². The maximum absolute atomic E-state index is 10.3. The van der Waals surface area contributed by atoms with Crippen molar-refractivity contribution in [2.75, 3.05) is 7.11 Å². The van der Waals surface area contributed by atoms with Gasteiger partial charge in [-0.1, -0.05) is 11.6 Å². The first-order chi connectivity index (χ1) is 6.13. The van der Waals surface area contributed by atoms with E-state index in [-0.39, 0.29) is 6.42 Å². The fourth-order valence-electron chi connectivity index (χ4n) is 0.834. The largest absolute Gasteiger partial charge is 0.495 e. The molecular weight excluding hydrogens is 194 g/mol. The molecule has 70 valence electrons. The van der Waals surface area contributed by atoms with E-state index in [1.807, 2.05) is 0 Å². The zero-order valence-corrected chi connectivity index (χ0v) is 7.71. The van der Waals surface area contributed by atoms with Gasteiger partial charge in [-0.2, -0.15) is 0 Å². The van der Waals surface area contributed by atoms with Crippen LogP contribution in [-0.4, -0.2) is 23.2 Å². The lowest BCUT2D eigenvalue weighted by Crippen LogP contribution is -2.03. The van der Waals surface area contributed by atoms with Crippen LogP contribution in [0, 0.1) is 0 Å². The van der Waals surface area contributed by atoms with Crippen molar-refractivity contribution in [2.45, 2.75) is 6.42 Å². The van der Waals surface area contributed by atoms with Crippen molar-refractivity contribution in [1.82, 2.24) is 4.98 Å². The van der Waals surface area contributed by atoms with E-state index in [1.54, 1.807) is 0 Å². The van der Waals surface area contributed by atoms with Crippen molar-refractivity contribution in [1.29, 1.82) is 0 Å². The van der Waals surface area contributed by atoms with Gasteiger partial charge in [0.15, 0.2) is 0 Å². The standard InChI is InChI=1S/C8H8ClNO3/c1-13-5-2-6(9)7(10-4-5)3-8(11)12/h2,4H,3H2,1H3,(H,11,12). The molecule has 0 aliphatic heterocycles. The number of halogens is 1. The topological polar surface area (TPSA) is 59.4 Å². The number of hydrogen-bond donors (Lipinski definition) is 1. The van der Waals surface area contributed by atoms with E-state index >= 15 is 0 Å². The number of carboxylic acid groups (broad SMARTS) is 1. The monoisotopic (exact) mass is 201 g/mol. The Morgan fingerprint density at radius 3 is 2.92 bits per heavy atom. The summed E-state index contributed by atoms with van der Waals surface area (Å²) in [5.74, 6) is -0.446. The number of aliphatic carboxylic acids is 1. The first kappa shape index (κ1) is 9.80. The van der Waals surface area contributed by atoms with E-state index in [4.69, 9.17) is 21.4 Å². The Bertz CT molecular complexity index is 327. The predicted molar refractivity (Wildman–Crippen MR) is 47.1 cm³/mol. The molecule has 0 atom stereocenters. The number of pyridine rings is 1. The second-order valence-corrected chi connectivity index (χ2v) is 2.78. The number of methoxy groups -OCH3 is 1. The summed E-state index contributed by atoms with van der Waals surface area (Å²) in [4.78, 5) is 14.2. The molecule has 0 fully saturated rings. The molecule has 1 aromatic heterocycles. The lowest BCUT2D eigenvalue weighted by molar-refractivity contribution is -0.136. The summed E-state index contributed by atoms with van der Waals surface area (Å²) < 4.78 is 4.86. The molecule has 1 aromatic rings. The fraction of sp³-hybridized carbons (Fsp3) is 0.250. The van der Waals surface area contributed by atoms with Gasteiger partial charge in [0.1, 0.15) is 5.75 Å². The second kappa shape index (κ2) is 4.09. The van der Waals surface area contributed by atoms with Crippen molar-refractivity contribution >= 4 is 17.6 Å². The van der Waals surface area contributed by atoms with Crippen LogP contribution in [-0.2, 0) is 11.2 Å². The lowest BCUT2D eigenvalue weighted by atomic mass is 10.3. The van der Waals surface area contributed by atoms with Crippen molar-refractivity contribution < 1.29 is 14.6 Å². The van der Waals surface area contributed by atoms with E-state index in [1.165, 1.54) is 19.4 Å². The Hall–Kier alpha value is -1.29. The Morgan fingerprint density at radius 2 is 2.46 bits per heavy atom. The first-order valence-corrected chi connectivity index (χ1v) is 3.91. The summed E-state index contributed by atoms with van der Waals surface area (Å²) in [6, 6.07) is 1.53. The van der Waals surface area contributed by atoms with Crippen LogP contribution >= 0.6 is 11.6 Å². The number of nitrogens with zero attached hydrogens (tertiary/aromatic N) is 1. The van der Waals surface area contributed by atoms with Crippen LogP contribution in [0.2, 0.25) is 5.02 Å². The molecule has 1 rings (SSSR count). The highest BCUT2D eigenvalue weighted by atomic mass is 35.5. The van der Waals surface area contributed by atoms with Crippen LogP contribution in [0.25, 0.3) is 0 Å². The highest BCUT2D eigenvalue weighted by Crippen LogP contribution is 2.19. The minimum atomic E-state index is -0.959. The number of carboxylic acids is 1.